The number of ether oxygens (including phenoxy) is 2. The normalized spacial score (nSPS) is 11.5. The van der Waals surface area contributed by atoms with Crippen LogP contribution in [0.3, 0.4) is 0 Å². The summed E-state index contributed by atoms with van der Waals surface area (Å²) >= 11 is 6.39. The van der Waals surface area contributed by atoms with Crippen LogP contribution in [0.1, 0.15) is 15.9 Å². The molecule has 1 N–H and O–H groups in total. The van der Waals surface area contributed by atoms with Crippen molar-refractivity contribution in [3.05, 3.63) is 119 Å². The van der Waals surface area contributed by atoms with Crippen molar-refractivity contribution >= 4 is 51.0 Å². The van der Waals surface area contributed by atoms with Crippen molar-refractivity contribution in [1.82, 2.24) is 4.98 Å². The lowest BCUT2D eigenvalue weighted by Gasteiger charge is -2.15. The molecule has 0 unspecified atom stereocenters. The quantitative estimate of drug-likeness (QED) is 0.221. The largest absolute Gasteiger partial charge is 0.489 e. The molecule has 37 heavy (non-hydrogen) atoms. The number of nitrogens with one attached hydrogen (secondary N) is 1. The van der Waals surface area contributed by atoms with Crippen LogP contribution in [-0.4, -0.2) is 31.2 Å². The summed E-state index contributed by atoms with van der Waals surface area (Å²) in [4.78, 5) is 16.4. The minimum absolute atomic E-state index is 0.360. The lowest BCUT2D eigenvalue weighted by molar-refractivity contribution is 0.0600. The third-order valence-corrected chi connectivity index (χ3v) is 6.39. The molecule has 0 amide bonds. The molecule has 0 aliphatic heterocycles. The molecule has 1 heterocycles. The van der Waals surface area contributed by atoms with Gasteiger partial charge in [-0.05, 0) is 47.5 Å². The lowest BCUT2D eigenvalue weighted by atomic mass is 10.1. The Morgan fingerprint density at radius 1 is 0.946 bits per heavy atom. The number of nitrogens with zero attached hydrogens (tertiary/aromatic N) is 1. The standard InChI is InChI=1S/C31H25ClN2O3/c1-36-31(35)23-12-10-21(11-13-23)16-22(18-33-25-17-24-6-2-5-9-29(24)34-19-25)20-37-30-15-14-28(32)26-7-3-4-8-27(26)30/h2-17,19,33H,18,20H2,1H3/b22-16+. The second kappa shape index (κ2) is 11.1. The van der Waals surface area contributed by atoms with E-state index in [0.29, 0.717) is 23.7 Å². The molecule has 0 aliphatic carbocycles. The second-order valence-electron chi connectivity index (χ2n) is 8.57. The fraction of sp³-hybridized carbons (Fsp3) is 0.0968. The second-order valence-corrected chi connectivity index (χ2v) is 8.97. The van der Waals surface area contributed by atoms with Crippen LogP contribution in [-0.2, 0) is 4.74 Å². The molecule has 6 heteroatoms. The van der Waals surface area contributed by atoms with Crippen molar-refractivity contribution in [1.29, 1.82) is 0 Å². The zero-order valence-corrected chi connectivity index (χ0v) is 21.0. The third-order valence-electron chi connectivity index (χ3n) is 6.06. The zero-order chi connectivity index (χ0) is 25.6. The smallest absolute Gasteiger partial charge is 0.337 e. The van der Waals surface area contributed by atoms with Gasteiger partial charge in [0, 0.05) is 27.7 Å². The number of rotatable bonds is 8. The van der Waals surface area contributed by atoms with Gasteiger partial charge < -0.3 is 14.8 Å². The number of methoxy groups -OCH3 is 1. The first kappa shape index (κ1) is 24.3. The lowest BCUT2D eigenvalue weighted by Crippen LogP contribution is -2.12. The van der Waals surface area contributed by atoms with Gasteiger partial charge in [0.05, 0.1) is 30.1 Å². The number of aromatic nitrogens is 1. The van der Waals surface area contributed by atoms with Crippen molar-refractivity contribution < 1.29 is 14.3 Å². The molecule has 5 aromatic rings. The summed E-state index contributed by atoms with van der Waals surface area (Å²) in [7, 11) is 1.37. The third kappa shape index (κ3) is 5.74. The Kier molecular flexibility index (Phi) is 7.33. The van der Waals surface area contributed by atoms with Crippen LogP contribution >= 0.6 is 11.6 Å². The summed E-state index contributed by atoms with van der Waals surface area (Å²) in [5.74, 6) is 0.401. The summed E-state index contributed by atoms with van der Waals surface area (Å²) in [5, 5.41) is 7.14. The molecule has 5 rings (SSSR count). The van der Waals surface area contributed by atoms with Crippen molar-refractivity contribution in [2.24, 2.45) is 0 Å². The molecule has 0 fully saturated rings. The molecule has 4 aromatic carbocycles. The maximum atomic E-state index is 11.8. The molecular weight excluding hydrogens is 484 g/mol. The van der Waals surface area contributed by atoms with Gasteiger partial charge in [-0.15, -0.1) is 0 Å². The first-order valence-corrected chi connectivity index (χ1v) is 12.2. The highest BCUT2D eigenvalue weighted by atomic mass is 35.5. The molecule has 184 valence electrons. The van der Waals surface area contributed by atoms with E-state index in [0.717, 1.165) is 44.2 Å². The van der Waals surface area contributed by atoms with Crippen molar-refractivity contribution in [3.63, 3.8) is 0 Å². The first-order chi connectivity index (χ1) is 18.1. The summed E-state index contributed by atoms with van der Waals surface area (Å²) < 4.78 is 11.1. The summed E-state index contributed by atoms with van der Waals surface area (Å²) in [6.45, 7) is 0.905. The van der Waals surface area contributed by atoms with Crippen LogP contribution in [0.4, 0.5) is 5.69 Å². The molecule has 0 saturated carbocycles. The Bertz CT molecular complexity index is 1600. The summed E-state index contributed by atoms with van der Waals surface area (Å²) in [6.07, 6.45) is 3.89. The average molecular weight is 509 g/mol. The van der Waals surface area contributed by atoms with Gasteiger partial charge in [-0.2, -0.15) is 0 Å². The van der Waals surface area contributed by atoms with Crippen LogP contribution in [0.25, 0.3) is 27.8 Å². The van der Waals surface area contributed by atoms with Gasteiger partial charge in [-0.25, -0.2) is 4.79 Å². The number of benzene rings is 4. The van der Waals surface area contributed by atoms with Gasteiger partial charge in [0.25, 0.3) is 0 Å². The molecule has 0 aliphatic rings. The number of halogens is 1. The number of carbonyl (C=O) groups excluding carboxylic acids is 1. The Morgan fingerprint density at radius 3 is 2.51 bits per heavy atom. The van der Waals surface area contributed by atoms with Crippen LogP contribution in [0.5, 0.6) is 5.75 Å². The van der Waals surface area contributed by atoms with Gasteiger partial charge >= 0.3 is 5.97 Å². The Balaban J connectivity index is 1.40. The first-order valence-electron chi connectivity index (χ1n) is 11.9. The van der Waals surface area contributed by atoms with Crippen LogP contribution in [0, 0.1) is 0 Å². The molecule has 1 aromatic heterocycles. The van der Waals surface area contributed by atoms with Crippen molar-refractivity contribution in [3.8, 4) is 5.75 Å². The highest BCUT2D eigenvalue weighted by Crippen LogP contribution is 2.31. The average Bonchev–Trinajstić information content (AvgIpc) is 2.95. The maximum absolute atomic E-state index is 11.8. The van der Waals surface area contributed by atoms with E-state index in [9.17, 15) is 4.79 Å². The van der Waals surface area contributed by atoms with E-state index in [2.05, 4.69) is 22.4 Å². The number of pyridine rings is 1. The predicted molar refractivity (Wildman–Crippen MR) is 150 cm³/mol. The minimum Gasteiger partial charge on any atom is -0.489 e. The van der Waals surface area contributed by atoms with Crippen molar-refractivity contribution in [2.75, 3.05) is 25.6 Å². The van der Waals surface area contributed by atoms with Crippen LogP contribution in [0.15, 0.2) is 103 Å². The van der Waals surface area contributed by atoms with Crippen molar-refractivity contribution in [2.45, 2.75) is 0 Å². The number of carbonyl (C=O) groups is 1. The molecule has 0 saturated heterocycles. The Hall–Kier alpha value is -4.35. The summed E-state index contributed by atoms with van der Waals surface area (Å²) in [6, 6.07) is 29.1. The van der Waals surface area contributed by atoms with Gasteiger partial charge in [-0.3, -0.25) is 4.98 Å². The number of hydrogen-bond donors (Lipinski definition) is 1. The molecule has 5 nitrogen and oxygen atoms in total. The van der Waals surface area contributed by atoms with Gasteiger partial charge in [0.2, 0.25) is 0 Å². The topological polar surface area (TPSA) is 60.5 Å². The zero-order valence-electron chi connectivity index (χ0n) is 20.3. The molecule has 0 spiro atoms. The predicted octanol–water partition coefficient (Wildman–Crippen LogP) is 7.40. The Labute approximate surface area is 220 Å². The number of esters is 1. The van der Waals surface area contributed by atoms with E-state index in [1.807, 2.05) is 79.0 Å². The molecule has 0 atom stereocenters. The highest BCUT2D eigenvalue weighted by Gasteiger charge is 2.09. The Morgan fingerprint density at radius 2 is 1.70 bits per heavy atom. The van der Waals surface area contributed by atoms with E-state index < -0.39 is 0 Å². The van der Waals surface area contributed by atoms with Gasteiger partial charge in [0.1, 0.15) is 12.4 Å². The van der Waals surface area contributed by atoms with Crippen LogP contribution in [0.2, 0.25) is 5.02 Å². The number of fused-ring (bicyclic) bond motifs is 2. The SMILES string of the molecule is COC(=O)c1ccc(/C=C(\CNc2cnc3ccccc3c2)COc2ccc(Cl)c3ccccc23)cc1. The summed E-state index contributed by atoms with van der Waals surface area (Å²) in [5.41, 5.74) is 4.34. The van der Waals surface area contributed by atoms with E-state index in [1.54, 1.807) is 12.1 Å². The van der Waals surface area contributed by atoms with E-state index in [-0.39, 0.29) is 5.97 Å². The fourth-order valence-corrected chi connectivity index (χ4v) is 4.35. The number of hydrogen-bond acceptors (Lipinski definition) is 5. The van der Waals surface area contributed by atoms with Gasteiger partial charge in [0.15, 0.2) is 0 Å². The monoisotopic (exact) mass is 508 g/mol. The highest BCUT2D eigenvalue weighted by molar-refractivity contribution is 6.35. The van der Waals surface area contributed by atoms with Crippen LogP contribution < -0.4 is 10.1 Å². The molecular formula is C31H25ClN2O3. The maximum Gasteiger partial charge on any atom is 0.337 e. The molecule has 0 radical (unpaired) electrons. The fourth-order valence-electron chi connectivity index (χ4n) is 4.13. The molecule has 0 bridgehead atoms. The van der Waals surface area contributed by atoms with E-state index in [1.165, 1.54) is 7.11 Å². The number of para-hydroxylation sites is 1. The van der Waals surface area contributed by atoms with E-state index in [4.69, 9.17) is 21.1 Å². The minimum atomic E-state index is -0.362. The van der Waals surface area contributed by atoms with Gasteiger partial charge in [-0.1, -0.05) is 72.3 Å². The number of anilines is 1. The van der Waals surface area contributed by atoms with E-state index >= 15 is 0 Å².